The second kappa shape index (κ2) is 6.48. The van der Waals surface area contributed by atoms with E-state index in [1.54, 1.807) is 0 Å². The number of rotatable bonds is 6. The van der Waals surface area contributed by atoms with Gasteiger partial charge in [-0.25, -0.2) is 0 Å². The first-order chi connectivity index (χ1) is 9.24. The predicted octanol–water partition coefficient (Wildman–Crippen LogP) is 2.27. The SMILES string of the molecule is CCCn1c(CO)nnc1CCc1cccc(C)c1. The Morgan fingerprint density at radius 1 is 1.16 bits per heavy atom. The van der Waals surface area contributed by atoms with E-state index in [-0.39, 0.29) is 6.61 Å². The zero-order valence-corrected chi connectivity index (χ0v) is 11.6. The van der Waals surface area contributed by atoms with Crippen molar-refractivity contribution in [2.24, 2.45) is 0 Å². The first-order valence-corrected chi connectivity index (χ1v) is 6.82. The molecule has 0 bridgehead atoms. The summed E-state index contributed by atoms with van der Waals surface area (Å²) in [5.41, 5.74) is 2.60. The molecule has 19 heavy (non-hydrogen) atoms. The van der Waals surface area contributed by atoms with Crippen molar-refractivity contribution in [2.45, 2.75) is 46.3 Å². The molecule has 0 atom stereocenters. The number of hydrogen-bond acceptors (Lipinski definition) is 3. The van der Waals surface area contributed by atoms with Crippen LogP contribution in [0.1, 0.15) is 36.1 Å². The van der Waals surface area contributed by atoms with E-state index in [0.717, 1.165) is 31.6 Å². The van der Waals surface area contributed by atoms with Gasteiger partial charge >= 0.3 is 0 Å². The highest BCUT2D eigenvalue weighted by Gasteiger charge is 2.10. The Morgan fingerprint density at radius 2 is 1.95 bits per heavy atom. The summed E-state index contributed by atoms with van der Waals surface area (Å²) in [7, 11) is 0. The summed E-state index contributed by atoms with van der Waals surface area (Å²) < 4.78 is 2.04. The molecule has 0 amide bonds. The summed E-state index contributed by atoms with van der Waals surface area (Å²) in [5, 5.41) is 17.5. The second-order valence-corrected chi connectivity index (χ2v) is 4.83. The van der Waals surface area contributed by atoms with Crippen LogP contribution in [-0.2, 0) is 26.0 Å². The summed E-state index contributed by atoms with van der Waals surface area (Å²) in [5.74, 6) is 1.63. The lowest BCUT2D eigenvalue weighted by Gasteiger charge is -2.08. The highest BCUT2D eigenvalue weighted by atomic mass is 16.3. The molecule has 0 unspecified atom stereocenters. The molecule has 0 aliphatic heterocycles. The van der Waals surface area contributed by atoms with Crippen LogP contribution in [0.15, 0.2) is 24.3 Å². The minimum Gasteiger partial charge on any atom is -0.388 e. The zero-order chi connectivity index (χ0) is 13.7. The van der Waals surface area contributed by atoms with Crippen molar-refractivity contribution in [3.63, 3.8) is 0 Å². The number of hydrogen-bond donors (Lipinski definition) is 1. The summed E-state index contributed by atoms with van der Waals surface area (Å²) in [6.45, 7) is 5.04. The number of nitrogens with zero attached hydrogens (tertiary/aromatic N) is 3. The summed E-state index contributed by atoms with van der Waals surface area (Å²) in [6, 6.07) is 8.53. The molecule has 0 aliphatic carbocycles. The summed E-state index contributed by atoms with van der Waals surface area (Å²) >= 11 is 0. The Bertz CT molecular complexity index is 534. The molecule has 0 saturated carbocycles. The number of aliphatic hydroxyl groups excluding tert-OH is 1. The molecule has 2 aromatic rings. The lowest BCUT2D eigenvalue weighted by Crippen LogP contribution is -2.08. The molecule has 1 N–H and O–H groups in total. The van der Waals surface area contributed by atoms with Gasteiger partial charge in [-0.3, -0.25) is 0 Å². The molecule has 4 heteroatoms. The first kappa shape index (κ1) is 13.7. The van der Waals surface area contributed by atoms with Crippen molar-refractivity contribution in [3.05, 3.63) is 47.0 Å². The standard InChI is InChI=1S/C15H21N3O/c1-3-9-18-14(16-17-15(18)11-19)8-7-13-6-4-5-12(2)10-13/h4-6,10,19H,3,7-9,11H2,1-2H3. The number of aryl methyl sites for hydroxylation is 3. The van der Waals surface area contributed by atoms with Crippen LogP contribution < -0.4 is 0 Å². The lowest BCUT2D eigenvalue weighted by molar-refractivity contribution is 0.264. The van der Waals surface area contributed by atoms with Gasteiger partial charge < -0.3 is 9.67 Å². The van der Waals surface area contributed by atoms with Crippen LogP contribution in [0, 0.1) is 6.92 Å². The average Bonchev–Trinajstić information content (AvgIpc) is 2.79. The van der Waals surface area contributed by atoms with Crippen molar-refractivity contribution >= 4 is 0 Å². The van der Waals surface area contributed by atoms with Gasteiger partial charge in [0.2, 0.25) is 0 Å². The van der Waals surface area contributed by atoms with Gasteiger partial charge in [0, 0.05) is 13.0 Å². The van der Waals surface area contributed by atoms with Crippen molar-refractivity contribution < 1.29 is 5.11 Å². The number of aromatic nitrogens is 3. The predicted molar refractivity (Wildman–Crippen MR) is 74.8 cm³/mol. The van der Waals surface area contributed by atoms with Gasteiger partial charge in [0.15, 0.2) is 5.82 Å². The molecule has 0 spiro atoms. The monoisotopic (exact) mass is 259 g/mol. The Hall–Kier alpha value is -1.68. The Balaban J connectivity index is 2.08. The van der Waals surface area contributed by atoms with E-state index in [2.05, 4.69) is 48.3 Å². The average molecular weight is 259 g/mol. The van der Waals surface area contributed by atoms with Crippen LogP contribution in [0.2, 0.25) is 0 Å². The van der Waals surface area contributed by atoms with E-state index in [9.17, 15) is 5.11 Å². The maximum atomic E-state index is 9.26. The third kappa shape index (κ3) is 3.41. The third-order valence-electron chi connectivity index (χ3n) is 3.21. The zero-order valence-electron chi connectivity index (χ0n) is 11.6. The Labute approximate surface area is 114 Å². The topological polar surface area (TPSA) is 50.9 Å². The van der Waals surface area contributed by atoms with Crippen LogP contribution in [0.3, 0.4) is 0 Å². The van der Waals surface area contributed by atoms with E-state index in [0.29, 0.717) is 5.82 Å². The molecule has 0 aliphatic rings. The fraction of sp³-hybridized carbons (Fsp3) is 0.467. The summed E-state index contributed by atoms with van der Waals surface area (Å²) in [4.78, 5) is 0. The van der Waals surface area contributed by atoms with Gasteiger partial charge in [0.25, 0.3) is 0 Å². The fourth-order valence-corrected chi connectivity index (χ4v) is 2.28. The van der Waals surface area contributed by atoms with Gasteiger partial charge in [-0.15, -0.1) is 10.2 Å². The van der Waals surface area contributed by atoms with E-state index >= 15 is 0 Å². The molecule has 0 radical (unpaired) electrons. The normalized spacial score (nSPS) is 10.9. The van der Waals surface area contributed by atoms with Crippen LogP contribution in [0.5, 0.6) is 0 Å². The molecule has 102 valence electrons. The minimum absolute atomic E-state index is 0.0442. The quantitative estimate of drug-likeness (QED) is 0.866. The largest absolute Gasteiger partial charge is 0.388 e. The lowest BCUT2D eigenvalue weighted by atomic mass is 10.1. The molecular weight excluding hydrogens is 238 g/mol. The van der Waals surface area contributed by atoms with Crippen LogP contribution >= 0.6 is 0 Å². The molecule has 1 aromatic heterocycles. The highest BCUT2D eigenvalue weighted by Crippen LogP contribution is 2.10. The molecule has 0 fully saturated rings. The van der Waals surface area contributed by atoms with Gasteiger partial charge in [0.05, 0.1) is 0 Å². The van der Waals surface area contributed by atoms with Gasteiger partial charge in [0.1, 0.15) is 12.4 Å². The van der Waals surface area contributed by atoms with Gasteiger partial charge in [-0.05, 0) is 25.3 Å². The van der Waals surface area contributed by atoms with E-state index in [1.807, 2.05) is 4.57 Å². The third-order valence-corrected chi connectivity index (χ3v) is 3.21. The number of aliphatic hydroxyl groups is 1. The van der Waals surface area contributed by atoms with Crippen LogP contribution in [0.4, 0.5) is 0 Å². The summed E-state index contributed by atoms with van der Waals surface area (Å²) in [6.07, 6.45) is 2.83. The van der Waals surface area contributed by atoms with Gasteiger partial charge in [-0.2, -0.15) is 0 Å². The van der Waals surface area contributed by atoms with Crippen molar-refractivity contribution in [1.82, 2.24) is 14.8 Å². The van der Waals surface area contributed by atoms with Crippen LogP contribution in [0.25, 0.3) is 0 Å². The van der Waals surface area contributed by atoms with Crippen molar-refractivity contribution in [1.29, 1.82) is 0 Å². The Kier molecular flexibility index (Phi) is 4.68. The molecule has 1 heterocycles. The van der Waals surface area contributed by atoms with Crippen molar-refractivity contribution in [2.75, 3.05) is 0 Å². The van der Waals surface area contributed by atoms with Crippen molar-refractivity contribution in [3.8, 4) is 0 Å². The molecule has 0 saturated heterocycles. The van der Waals surface area contributed by atoms with E-state index < -0.39 is 0 Å². The molecular formula is C15H21N3O. The molecule has 2 rings (SSSR count). The van der Waals surface area contributed by atoms with Crippen LogP contribution in [-0.4, -0.2) is 19.9 Å². The maximum Gasteiger partial charge on any atom is 0.158 e. The fourth-order valence-electron chi connectivity index (χ4n) is 2.28. The minimum atomic E-state index is -0.0442. The molecule has 1 aromatic carbocycles. The second-order valence-electron chi connectivity index (χ2n) is 4.83. The smallest absolute Gasteiger partial charge is 0.158 e. The van der Waals surface area contributed by atoms with Gasteiger partial charge in [-0.1, -0.05) is 36.8 Å². The van der Waals surface area contributed by atoms with E-state index in [4.69, 9.17) is 0 Å². The van der Waals surface area contributed by atoms with E-state index in [1.165, 1.54) is 11.1 Å². The highest BCUT2D eigenvalue weighted by molar-refractivity contribution is 5.22. The Morgan fingerprint density at radius 3 is 2.63 bits per heavy atom. The first-order valence-electron chi connectivity index (χ1n) is 6.82. The number of benzene rings is 1. The molecule has 4 nitrogen and oxygen atoms in total. The maximum absolute atomic E-state index is 9.26.